The van der Waals surface area contributed by atoms with E-state index in [-0.39, 0.29) is 0 Å². The van der Waals surface area contributed by atoms with Crippen molar-refractivity contribution in [3.05, 3.63) is 170 Å². The molecule has 3 aromatic heterocycles. The molecular formula is C46H28N2O2. The SMILES string of the molecule is c1ccc(-n2c3ccccc3c3cc(N(c4cccc5c4oc4ccccc45)c4cccc5c4oc4cc6ccccc6cc45)ccc32)cc1. The van der Waals surface area contributed by atoms with Crippen molar-refractivity contribution >= 4 is 93.5 Å². The largest absolute Gasteiger partial charge is 0.454 e. The Morgan fingerprint density at radius 3 is 1.78 bits per heavy atom. The summed E-state index contributed by atoms with van der Waals surface area (Å²) in [5, 5.41) is 9.07. The molecule has 4 heteroatoms. The Morgan fingerprint density at radius 1 is 0.380 bits per heavy atom. The minimum Gasteiger partial charge on any atom is -0.454 e. The van der Waals surface area contributed by atoms with E-state index < -0.39 is 0 Å². The minimum absolute atomic E-state index is 0.831. The Morgan fingerprint density at radius 2 is 0.980 bits per heavy atom. The summed E-state index contributed by atoms with van der Waals surface area (Å²) >= 11 is 0. The molecule has 0 amide bonds. The molecule has 0 fully saturated rings. The summed E-state index contributed by atoms with van der Waals surface area (Å²) in [7, 11) is 0. The van der Waals surface area contributed by atoms with Gasteiger partial charge in [-0.25, -0.2) is 0 Å². The normalized spacial score (nSPS) is 12.0. The highest BCUT2D eigenvalue weighted by atomic mass is 16.3. The monoisotopic (exact) mass is 640 g/mol. The number of rotatable bonds is 4. The predicted molar refractivity (Wildman–Crippen MR) is 208 cm³/mol. The fraction of sp³-hybridized carbons (Fsp3) is 0. The molecule has 0 bridgehead atoms. The fourth-order valence-corrected chi connectivity index (χ4v) is 7.92. The van der Waals surface area contributed by atoms with Crippen molar-refractivity contribution in [2.75, 3.05) is 4.90 Å². The van der Waals surface area contributed by atoms with Gasteiger partial charge in [0.25, 0.3) is 0 Å². The maximum Gasteiger partial charge on any atom is 0.159 e. The summed E-state index contributed by atoms with van der Waals surface area (Å²) in [4.78, 5) is 2.31. The van der Waals surface area contributed by atoms with Crippen molar-refractivity contribution in [1.29, 1.82) is 0 Å². The van der Waals surface area contributed by atoms with E-state index >= 15 is 0 Å². The Balaban J connectivity index is 1.23. The second kappa shape index (κ2) is 10.4. The third kappa shape index (κ3) is 3.87. The molecule has 0 aliphatic carbocycles. The number of para-hydroxylation sites is 5. The van der Waals surface area contributed by atoms with Gasteiger partial charge in [-0.2, -0.15) is 0 Å². The molecule has 3 heterocycles. The van der Waals surface area contributed by atoms with Crippen LogP contribution in [-0.4, -0.2) is 4.57 Å². The average Bonchev–Trinajstić information content (AvgIpc) is 3.84. The maximum absolute atomic E-state index is 6.83. The lowest BCUT2D eigenvalue weighted by Crippen LogP contribution is -2.10. The van der Waals surface area contributed by atoms with Gasteiger partial charge in [-0.3, -0.25) is 0 Å². The van der Waals surface area contributed by atoms with Gasteiger partial charge in [-0.05, 0) is 77.5 Å². The van der Waals surface area contributed by atoms with Crippen LogP contribution in [0.1, 0.15) is 0 Å². The van der Waals surface area contributed by atoms with Crippen LogP contribution in [0.15, 0.2) is 179 Å². The van der Waals surface area contributed by atoms with Crippen LogP contribution in [0, 0.1) is 0 Å². The van der Waals surface area contributed by atoms with Crippen molar-refractivity contribution < 1.29 is 8.83 Å². The molecule has 0 saturated carbocycles. The van der Waals surface area contributed by atoms with Crippen LogP contribution in [0.4, 0.5) is 17.1 Å². The van der Waals surface area contributed by atoms with Crippen LogP contribution in [0.25, 0.3) is 82.1 Å². The third-order valence-corrected chi connectivity index (χ3v) is 10.1. The van der Waals surface area contributed by atoms with E-state index in [9.17, 15) is 0 Å². The van der Waals surface area contributed by atoms with E-state index in [0.717, 1.165) is 77.5 Å². The molecule has 0 aliphatic rings. The van der Waals surface area contributed by atoms with Crippen LogP contribution in [-0.2, 0) is 0 Å². The summed E-state index contributed by atoms with van der Waals surface area (Å²) < 4.78 is 15.9. The third-order valence-electron chi connectivity index (χ3n) is 10.1. The molecule has 50 heavy (non-hydrogen) atoms. The molecule has 0 saturated heterocycles. The molecule has 0 aliphatic heterocycles. The minimum atomic E-state index is 0.831. The number of nitrogens with zero attached hydrogens (tertiary/aromatic N) is 2. The van der Waals surface area contributed by atoms with Crippen molar-refractivity contribution in [2.45, 2.75) is 0 Å². The molecule has 0 N–H and O–H groups in total. The topological polar surface area (TPSA) is 34.5 Å². The Labute approximate surface area is 286 Å². The number of hydrogen-bond acceptors (Lipinski definition) is 3. The first-order valence-corrected chi connectivity index (χ1v) is 16.9. The van der Waals surface area contributed by atoms with E-state index in [1.807, 2.05) is 12.1 Å². The van der Waals surface area contributed by atoms with Gasteiger partial charge in [-0.15, -0.1) is 0 Å². The molecule has 0 radical (unpaired) electrons. The molecule has 234 valence electrons. The first-order chi connectivity index (χ1) is 24.8. The van der Waals surface area contributed by atoms with Gasteiger partial charge in [0.2, 0.25) is 0 Å². The lowest BCUT2D eigenvalue weighted by molar-refractivity contribution is 0.666. The van der Waals surface area contributed by atoms with Crippen LogP contribution in [0.2, 0.25) is 0 Å². The molecule has 0 spiro atoms. The lowest BCUT2D eigenvalue weighted by atomic mass is 10.0. The second-order valence-corrected chi connectivity index (χ2v) is 12.9. The number of aromatic nitrogens is 1. The number of fused-ring (bicyclic) bond motifs is 10. The predicted octanol–water partition coefficient (Wildman–Crippen LogP) is 13.2. The summed E-state index contributed by atoms with van der Waals surface area (Å²) in [5.74, 6) is 0. The Bertz CT molecular complexity index is 3110. The van der Waals surface area contributed by atoms with Gasteiger partial charge in [0.05, 0.1) is 22.4 Å². The summed E-state index contributed by atoms with van der Waals surface area (Å²) in [6, 6.07) is 60.0. The summed E-state index contributed by atoms with van der Waals surface area (Å²) in [6.45, 7) is 0. The molecule has 8 aromatic carbocycles. The van der Waals surface area contributed by atoms with Crippen molar-refractivity contribution in [3.8, 4) is 5.69 Å². The Hall–Kier alpha value is -6.78. The molecule has 11 aromatic rings. The average molecular weight is 641 g/mol. The Kier molecular flexibility index (Phi) is 5.63. The van der Waals surface area contributed by atoms with Crippen molar-refractivity contribution in [2.24, 2.45) is 0 Å². The zero-order chi connectivity index (χ0) is 32.8. The van der Waals surface area contributed by atoms with Gasteiger partial charge in [0.1, 0.15) is 11.2 Å². The van der Waals surface area contributed by atoms with Crippen molar-refractivity contribution in [1.82, 2.24) is 4.57 Å². The quantitative estimate of drug-likeness (QED) is 0.192. The summed E-state index contributed by atoms with van der Waals surface area (Å²) in [6.07, 6.45) is 0. The van der Waals surface area contributed by atoms with Gasteiger partial charge in [-0.1, -0.05) is 103 Å². The number of benzene rings is 8. The van der Waals surface area contributed by atoms with E-state index in [0.29, 0.717) is 0 Å². The second-order valence-electron chi connectivity index (χ2n) is 12.9. The van der Waals surface area contributed by atoms with Gasteiger partial charge in [0.15, 0.2) is 11.2 Å². The first kappa shape index (κ1) is 27.2. The van der Waals surface area contributed by atoms with Crippen molar-refractivity contribution in [3.63, 3.8) is 0 Å². The van der Waals surface area contributed by atoms with Crippen LogP contribution < -0.4 is 4.90 Å². The van der Waals surface area contributed by atoms with Crippen LogP contribution >= 0.6 is 0 Å². The molecule has 11 rings (SSSR count). The smallest absolute Gasteiger partial charge is 0.159 e. The van der Waals surface area contributed by atoms with Gasteiger partial charge >= 0.3 is 0 Å². The molecular weight excluding hydrogens is 613 g/mol. The summed E-state index contributed by atoms with van der Waals surface area (Å²) in [5.41, 5.74) is 9.76. The lowest BCUT2D eigenvalue weighted by Gasteiger charge is -2.25. The zero-order valence-electron chi connectivity index (χ0n) is 26.9. The molecule has 0 unspecified atom stereocenters. The van der Waals surface area contributed by atoms with Crippen LogP contribution in [0.5, 0.6) is 0 Å². The highest BCUT2D eigenvalue weighted by molar-refractivity contribution is 6.17. The standard InChI is InChI=1S/C46H28N2O2/c1-2-14-31(15-3-1)47-39-20-8-6-16-33(39)37-28-32(24-25-40(37)47)48(41-21-10-18-35-34-17-7-9-23-43(34)49-45(35)41)42-22-11-19-36-38-26-29-12-4-5-13-30(29)27-44(38)50-46(36)42/h1-28H. The highest BCUT2D eigenvalue weighted by Gasteiger charge is 2.24. The van der Waals surface area contributed by atoms with E-state index in [2.05, 4.69) is 167 Å². The maximum atomic E-state index is 6.83. The highest BCUT2D eigenvalue weighted by Crippen LogP contribution is 2.47. The van der Waals surface area contributed by atoms with E-state index in [1.165, 1.54) is 21.7 Å². The van der Waals surface area contributed by atoms with E-state index in [4.69, 9.17) is 8.83 Å². The fourth-order valence-electron chi connectivity index (χ4n) is 7.92. The zero-order valence-corrected chi connectivity index (χ0v) is 26.9. The van der Waals surface area contributed by atoms with E-state index in [1.54, 1.807) is 0 Å². The van der Waals surface area contributed by atoms with Gasteiger partial charge < -0.3 is 18.3 Å². The van der Waals surface area contributed by atoms with Gasteiger partial charge in [0, 0.05) is 43.7 Å². The van der Waals surface area contributed by atoms with Crippen LogP contribution in [0.3, 0.4) is 0 Å². The molecule has 0 atom stereocenters. The first-order valence-electron chi connectivity index (χ1n) is 16.9. The number of hydrogen-bond donors (Lipinski definition) is 0. The molecule has 4 nitrogen and oxygen atoms in total. The number of furan rings is 2. The number of anilines is 3.